The Hall–Kier alpha value is -1.20. The molecule has 4 nitrogen and oxygen atoms in total. The van der Waals surface area contributed by atoms with Gasteiger partial charge in [0.25, 0.3) is 5.56 Å². The molecular weight excluding hydrogens is 294 g/mol. The van der Waals surface area contributed by atoms with Crippen molar-refractivity contribution in [1.29, 1.82) is 0 Å². The van der Waals surface area contributed by atoms with Crippen LogP contribution in [0.25, 0.3) is 4.96 Å². The Morgan fingerprint density at radius 2 is 2.23 bits per heavy atom. The number of hydrogen-bond acceptors (Lipinski definition) is 4. The summed E-state index contributed by atoms with van der Waals surface area (Å²) >= 11 is 1.55. The van der Waals surface area contributed by atoms with Crippen LogP contribution in [0.15, 0.2) is 16.2 Å². The van der Waals surface area contributed by atoms with Crippen molar-refractivity contribution in [3.8, 4) is 0 Å². The fraction of sp³-hybridized carbons (Fsp3) is 0.647. The van der Waals surface area contributed by atoms with E-state index in [0.717, 1.165) is 41.9 Å². The van der Waals surface area contributed by atoms with Gasteiger partial charge in [0.2, 0.25) is 0 Å². The molecule has 1 aliphatic rings. The van der Waals surface area contributed by atoms with E-state index in [1.807, 2.05) is 12.3 Å². The highest BCUT2D eigenvalue weighted by molar-refractivity contribution is 7.15. The second-order valence-corrected chi connectivity index (χ2v) is 7.28. The largest absolute Gasteiger partial charge is 0.297 e. The van der Waals surface area contributed by atoms with Crippen LogP contribution in [-0.2, 0) is 6.54 Å². The molecule has 3 heterocycles. The minimum atomic E-state index is 0.0532. The summed E-state index contributed by atoms with van der Waals surface area (Å²) in [6.07, 6.45) is 6.55. The highest BCUT2D eigenvalue weighted by Gasteiger charge is 2.17. The van der Waals surface area contributed by atoms with Crippen LogP contribution < -0.4 is 5.56 Å². The lowest BCUT2D eigenvalue weighted by Gasteiger charge is -2.19. The molecule has 0 aliphatic carbocycles. The first-order valence-corrected chi connectivity index (χ1v) is 9.24. The zero-order valence-corrected chi connectivity index (χ0v) is 14.4. The van der Waals surface area contributed by atoms with Gasteiger partial charge in [-0.1, -0.05) is 19.8 Å². The standard InChI is InChI=1S/C17H25N3OS/c1-3-5-14-6-4-8-19(9-7-14)11-15-10-16(21)20-13(2)12-22-17(20)18-15/h10,12,14H,3-9,11H2,1-2H3/t14-/m0/s1. The molecule has 3 rings (SSSR count). The van der Waals surface area contributed by atoms with E-state index in [0.29, 0.717) is 0 Å². The molecule has 120 valence electrons. The van der Waals surface area contributed by atoms with E-state index in [1.54, 1.807) is 21.8 Å². The molecule has 1 saturated heterocycles. The van der Waals surface area contributed by atoms with Crippen LogP contribution in [0.3, 0.4) is 0 Å². The summed E-state index contributed by atoms with van der Waals surface area (Å²) in [5, 5.41) is 1.99. The first kappa shape index (κ1) is 15.7. The van der Waals surface area contributed by atoms with Crippen molar-refractivity contribution >= 4 is 16.3 Å². The smallest absolute Gasteiger partial charge is 0.259 e. The molecule has 2 aromatic rings. The average Bonchev–Trinajstić information content (AvgIpc) is 2.72. The van der Waals surface area contributed by atoms with Crippen molar-refractivity contribution < 1.29 is 0 Å². The van der Waals surface area contributed by atoms with Crippen molar-refractivity contribution in [3.05, 3.63) is 33.2 Å². The minimum absolute atomic E-state index is 0.0532. The Bertz CT molecular complexity index is 691. The van der Waals surface area contributed by atoms with Gasteiger partial charge in [0.15, 0.2) is 4.96 Å². The number of hydrogen-bond donors (Lipinski definition) is 0. The molecule has 1 aliphatic heterocycles. The van der Waals surface area contributed by atoms with Crippen LogP contribution in [-0.4, -0.2) is 27.4 Å². The quantitative estimate of drug-likeness (QED) is 0.866. The first-order valence-electron chi connectivity index (χ1n) is 8.36. The van der Waals surface area contributed by atoms with Gasteiger partial charge in [-0.25, -0.2) is 4.98 Å². The lowest BCUT2D eigenvalue weighted by molar-refractivity contribution is 0.268. The molecule has 5 heteroatoms. The van der Waals surface area contributed by atoms with Crippen LogP contribution in [0.1, 0.15) is 50.4 Å². The molecule has 0 unspecified atom stereocenters. The number of aromatic nitrogens is 2. The molecule has 1 atom stereocenters. The van der Waals surface area contributed by atoms with Gasteiger partial charge in [-0.2, -0.15) is 0 Å². The number of thiazole rings is 1. The molecule has 0 N–H and O–H groups in total. The van der Waals surface area contributed by atoms with Crippen LogP contribution in [0, 0.1) is 12.8 Å². The van der Waals surface area contributed by atoms with Crippen LogP contribution in [0.5, 0.6) is 0 Å². The summed E-state index contributed by atoms with van der Waals surface area (Å²) in [5.41, 5.74) is 1.94. The van der Waals surface area contributed by atoms with Crippen molar-refractivity contribution in [2.45, 2.75) is 52.5 Å². The number of nitrogens with zero attached hydrogens (tertiary/aromatic N) is 3. The summed E-state index contributed by atoms with van der Waals surface area (Å²) < 4.78 is 1.70. The monoisotopic (exact) mass is 319 g/mol. The highest BCUT2D eigenvalue weighted by Crippen LogP contribution is 2.22. The predicted molar refractivity (Wildman–Crippen MR) is 91.6 cm³/mol. The molecule has 0 radical (unpaired) electrons. The van der Waals surface area contributed by atoms with Crippen LogP contribution >= 0.6 is 11.3 Å². The zero-order valence-electron chi connectivity index (χ0n) is 13.5. The molecule has 0 amide bonds. The fourth-order valence-corrected chi connectivity index (χ4v) is 4.38. The lowest BCUT2D eigenvalue weighted by atomic mass is 9.96. The maximum Gasteiger partial charge on any atom is 0.259 e. The van der Waals surface area contributed by atoms with Gasteiger partial charge in [0.1, 0.15) is 0 Å². The van der Waals surface area contributed by atoms with Crippen molar-refractivity contribution in [2.75, 3.05) is 13.1 Å². The van der Waals surface area contributed by atoms with E-state index in [1.165, 1.54) is 32.1 Å². The molecule has 2 aromatic heterocycles. The highest BCUT2D eigenvalue weighted by atomic mass is 32.1. The average molecular weight is 319 g/mol. The molecule has 0 saturated carbocycles. The second kappa shape index (κ2) is 6.92. The van der Waals surface area contributed by atoms with Gasteiger partial charge < -0.3 is 0 Å². The maximum absolute atomic E-state index is 12.2. The van der Waals surface area contributed by atoms with E-state index in [4.69, 9.17) is 0 Å². The van der Waals surface area contributed by atoms with E-state index < -0.39 is 0 Å². The van der Waals surface area contributed by atoms with Gasteiger partial charge in [0, 0.05) is 23.7 Å². The van der Waals surface area contributed by atoms with Gasteiger partial charge in [-0.15, -0.1) is 11.3 Å². The van der Waals surface area contributed by atoms with E-state index in [9.17, 15) is 4.79 Å². The van der Waals surface area contributed by atoms with Gasteiger partial charge in [-0.3, -0.25) is 14.1 Å². The number of aryl methyl sites for hydroxylation is 1. The van der Waals surface area contributed by atoms with Gasteiger partial charge in [-0.05, 0) is 45.2 Å². The van der Waals surface area contributed by atoms with E-state index >= 15 is 0 Å². The summed E-state index contributed by atoms with van der Waals surface area (Å²) in [7, 11) is 0. The fourth-order valence-electron chi connectivity index (χ4n) is 3.49. The van der Waals surface area contributed by atoms with Crippen LogP contribution in [0.4, 0.5) is 0 Å². The Balaban J connectivity index is 1.72. The normalized spacial score (nSPS) is 20.4. The SMILES string of the molecule is CCC[C@H]1CCCN(Cc2cc(=O)n3c(C)csc3n2)CC1. The summed E-state index contributed by atoms with van der Waals surface area (Å²) in [5.74, 6) is 0.885. The lowest BCUT2D eigenvalue weighted by Crippen LogP contribution is -2.26. The second-order valence-electron chi connectivity index (χ2n) is 6.44. The molecule has 22 heavy (non-hydrogen) atoms. The molecular formula is C17H25N3OS. The van der Waals surface area contributed by atoms with Gasteiger partial charge in [0.05, 0.1) is 5.69 Å². The number of rotatable bonds is 4. The molecule has 0 bridgehead atoms. The topological polar surface area (TPSA) is 37.6 Å². The number of fused-ring (bicyclic) bond motifs is 1. The van der Waals surface area contributed by atoms with Crippen molar-refractivity contribution in [3.63, 3.8) is 0 Å². The summed E-state index contributed by atoms with van der Waals surface area (Å²) in [6.45, 7) is 7.30. The Kier molecular flexibility index (Phi) is 4.93. The molecule has 0 spiro atoms. The maximum atomic E-state index is 12.2. The number of likely N-dealkylation sites (tertiary alicyclic amines) is 1. The Morgan fingerprint density at radius 3 is 3.05 bits per heavy atom. The first-order chi connectivity index (χ1) is 10.7. The third-order valence-corrected chi connectivity index (χ3v) is 5.60. The van der Waals surface area contributed by atoms with Crippen LogP contribution in [0.2, 0.25) is 0 Å². The van der Waals surface area contributed by atoms with Gasteiger partial charge >= 0.3 is 0 Å². The van der Waals surface area contributed by atoms with Crippen molar-refractivity contribution in [2.24, 2.45) is 5.92 Å². The Labute approximate surface area is 135 Å². The molecule has 1 fully saturated rings. The van der Waals surface area contributed by atoms with Crippen molar-refractivity contribution in [1.82, 2.24) is 14.3 Å². The van der Waals surface area contributed by atoms with E-state index in [2.05, 4.69) is 16.8 Å². The summed E-state index contributed by atoms with van der Waals surface area (Å²) in [4.78, 5) is 20.2. The molecule has 0 aromatic carbocycles. The Morgan fingerprint density at radius 1 is 1.36 bits per heavy atom. The van der Waals surface area contributed by atoms with E-state index in [-0.39, 0.29) is 5.56 Å². The third-order valence-electron chi connectivity index (χ3n) is 4.65. The predicted octanol–water partition coefficient (Wildman–Crippen LogP) is 3.47. The third kappa shape index (κ3) is 3.41. The minimum Gasteiger partial charge on any atom is -0.297 e. The zero-order chi connectivity index (χ0) is 15.5. The summed E-state index contributed by atoms with van der Waals surface area (Å²) in [6, 6.07) is 1.71.